The number of non-ortho nitro benzene ring substituents is 1. The lowest BCUT2D eigenvalue weighted by Crippen LogP contribution is -1.90. The van der Waals surface area contributed by atoms with Crippen molar-refractivity contribution in [1.29, 1.82) is 0 Å². The van der Waals surface area contributed by atoms with E-state index < -0.39 is 4.92 Å². The highest BCUT2D eigenvalue weighted by molar-refractivity contribution is 5.87. The highest BCUT2D eigenvalue weighted by Crippen LogP contribution is 2.27. The molecule has 27 heavy (non-hydrogen) atoms. The second-order valence-electron chi connectivity index (χ2n) is 5.67. The number of nitrogens with zero attached hydrogens (tertiary/aromatic N) is 4. The van der Waals surface area contributed by atoms with E-state index in [1.807, 2.05) is 6.07 Å². The lowest BCUT2D eigenvalue weighted by Gasteiger charge is -1.99. The molecule has 8 heteroatoms. The Bertz CT molecular complexity index is 1170. The summed E-state index contributed by atoms with van der Waals surface area (Å²) in [7, 11) is 0. The van der Waals surface area contributed by atoms with Gasteiger partial charge in [-0.1, -0.05) is 0 Å². The quantitative estimate of drug-likeness (QED) is 0.330. The Hall–Kier alpha value is -4.07. The van der Waals surface area contributed by atoms with Gasteiger partial charge in [-0.2, -0.15) is 0 Å². The Labute approximate surface area is 152 Å². The number of nitro groups is 1. The van der Waals surface area contributed by atoms with Gasteiger partial charge in [0.2, 0.25) is 5.89 Å². The van der Waals surface area contributed by atoms with Crippen LogP contribution in [0.2, 0.25) is 0 Å². The highest BCUT2D eigenvalue weighted by atomic mass is 16.6. The first-order chi connectivity index (χ1) is 13.1. The number of phenolic OH excluding ortho intramolecular Hbond substituents is 1. The maximum atomic E-state index is 10.9. The second kappa shape index (κ2) is 6.68. The molecule has 2 aromatic heterocycles. The Balaban J connectivity index is 1.66. The first-order valence-electron chi connectivity index (χ1n) is 7.92. The summed E-state index contributed by atoms with van der Waals surface area (Å²) in [6, 6.07) is 12.6. The van der Waals surface area contributed by atoms with E-state index in [9.17, 15) is 15.2 Å². The van der Waals surface area contributed by atoms with Crippen LogP contribution >= 0.6 is 0 Å². The average molecular weight is 360 g/mol. The molecule has 4 rings (SSSR count). The molecular weight excluding hydrogens is 348 g/mol. The Kier molecular flexibility index (Phi) is 4.06. The topological polar surface area (TPSA) is 115 Å². The van der Waals surface area contributed by atoms with Gasteiger partial charge in [0.25, 0.3) is 5.69 Å². The fraction of sp³-hybridized carbons (Fsp3) is 0. The molecule has 8 nitrogen and oxygen atoms in total. The molecule has 0 aliphatic rings. The minimum atomic E-state index is -0.530. The molecule has 2 aromatic carbocycles. The molecule has 132 valence electrons. The van der Waals surface area contributed by atoms with Gasteiger partial charge in [0.15, 0.2) is 5.58 Å². The number of benzene rings is 2. The smallest absolute Gasteiger partial charge is 0.270 e. The largest absolute Gasteiger partial charge is 0.507 e. The minimum absolute atomic E-state index is 0.0919. The van der Waals surface area contributed by atoms with Crippen LogP contribution in [-0.2, 0) is 0 Å². The van der Waals surface area contributed by atoms with E-state index >= 15 is 0 Å². The van der Waals surface area contributed by atoms with Crippen molar-refractivity contribution < 1.29 is 14.4 Å². The standard InChI is InChI=1S/C19H12N4O4/c24-17-5-4-15(23(25)26)8-13(17)11-21-14-3-6-18-16(9-14)22-19(27-18)12-2-1-7-20-10-12/h1-11,24H. The Morgan fingerprint density at radius 3 is 2.85 bits per heavy atom. The van der Waals surface area contributed by atoms with Gasteiger partial charge in [0.1, 0.15) is 11.3 Å². The van der Waals surface area contributed by atoms with E-state index in [-0.39, 0.29) is 17.0 Å². The van der Waals surface area contributed by atoms with Gasteiger partial charge < -0.3 is 9.52 Å². The zero-order valence-electron chi connectivity index (χ0n) is 13.8. The normalized spacial score (nSPS) is 11.3. The average Bonchev–Trinajstić information content (AvgIpc) is 3.11. The number of rotatable bonds is 4. The maximum Gasteiger partial charge on any atom is 0.270 e. The fourth-order valence-electron chi connectivity index (χ4n) is 2.51. The monoisotopic (exact) mass is 360 g/mol. The predicted molar refractivity (Wildman–Crippen MR) is 99.3 cm³/mol. The second-order valence-corrected chi connectivity index (χ2v) is 5.67. The van der Waals surface area contributed by atoms with E-state index in [1.54, 1.807) is 36.7 Å². The lowest BCUT2D eigenvalue weighted by atomic mass is 10.2. The third-order valence-electron chi connectivity index (χ3n) is 3.85. The van der Waals surface area contributed by atoms with Crippen LogP contribution in [0, 0.1) is 10.1 Å². The molecule has 0 aliphatic heterocycles. The molecule has 0 aliphatic carbocycles. The Morgan fingerprint density at radius 1 is 1.19 bits per heavy atom. The number of hydrogen-bond acceptors (Lipinski definition) is 7. The number of nitro benzene ring substituents is 1. The van der Waals surface area contributed by atoms with Gasteiger partial charge in [-0.25, -0.2) is 4.98 Å². The molecule has 0 unspecified atom stereocenters. The first-order valence-corrected chi connectivity index (χ1v) is 7.92. The third kappa shape index (κ3) is 3.36. The predicted octanol–water partition coefficient (Wildman–Crippen LogP) is 4.25. The van der Waals surface area contributed by atoms with Crippen molar-refractivity contribution in [3.05, 3.63) is 76.6 Å². The van der Waals surface area contributed by atoms with Crippen molar-refractivity contribution >= 4 is 28.7 Å². The molecule has 0 spiro atoms. The van der Waals surface area contributed by atoms with E-state index in [1.165, 1.54) is 24.4 Å². The molecule has 0 radical (unpaired) electrons. The molecule has 0 bridgehead atoms. The number of hydrogen-bond donors (Lipinski definition) is 1. The summed E-state index contributed by atoms with van der Waals surface area (Å²) in [6.45, 7) is 0. The van der Waals surface area contributed by atoms with Gasteiger partial charge in [-0.3, -0.25) is 20.1 Å². The summed E-state index contributed by atoms with van der Waals surface area (Å²) in [6.07, 6.45) is 4.70. The van der Waals surface area contributed by atoms with Gasteiger partial charge in [0, 0.05) is 36.3 Å². The number of oxazole rings is 1. The number of phenols is 1. The maximum absolute atomic E-state index is 10.9. The zero-order valence-corrected chi connectivity index (χ0v) is 13.8. The van der Waals surface area contributed by atoms with Gasteiger partial charge in [-0.05, 0) is 36.4 Å². The fourth-order valence-corrected chi connectivity index (χ4v) is 2.51. The van der Waals surface area contributed by atoms with Crippen LogP contribution in [-0.4, -0.2) is 26.2 Å². The van der Waals surface area contributed by atoms with E-state index in [0.717, 1.165) is 5.56 Å². The third-order valence-corrected chi connectivity index (χ3v) is 3.85. The first kappa shape index (κ1) is 16.4. The molecule has 0 atom stereocenters. The molecule has 0 saturated heterocycles. The Morgan fingerprint density at radius 2 is 2.07 bits per heavy atom. The summed E-state index contributed by atoms with van der Waals surface area (Å²) >= 11 is 0. The van der Waals surface area contributed by atoms with Crippen LogP contribution in [0.15, 0.2) is 70.3 Å². The van der Waals surface area contributed by atoms with E-state index in [0.29, 0.717) is 22.7 Å². The van der Waals surface area contributed by atoms with Gasteiger partial charge in [0.05, 0.1) is 16.2 Å². The van der Waals surface area contributed by atoms with Crippen molar-refractivity contribution in [2.45, 2.75) is 0 Å². The van der Waals surface area contributed by atoms with Crippen LogP contribution in [0.5, 0.6) is 5.75 Å². The van der Waals surface area contributed by atoms with Crippen molar-refractivity contribution in [3.63, 3.8) is 0 Å². The summed E-state index contributed by atoms with van der Waals surface area (Å²) in [5.74, 6) is 0.362. The van der Waals surface area contributed by atoms with Gasteiger partial charge in [-0.15, -0.1) is 0 Å². The molecule has 0 saturated carbocycles. The number of aliphatic imine (C=N–C) groups is 1. The molecule has 0 fully saturated rings. The zero-order chi connectivity index (χ0) is 18.8. The number of aromatic hydroxyl groups is 1. The van der Waals surface area contributed by atoms with Crippen LogP contribution < -0.4 is 0 Å². The molecular formula is C19H12N4O4. The van der Waals surface area contributed by atoms with Crippen molar-refractivity contribution in [2.75, 3.05) is 0 Å². The summed E-state index contributed by atoms with van der Waals surface area (Å²) in [5, 5.41) is 20.7. The van der Waals surface area contributed by atoms with Crippen molar-refractivity contribution in [1.82, 2.24) is 9.97 Å². The molecule has 0 amide bonds. The number of fused-ring (bicyclic) bond motifs is 1. The van der Waals surface area contributed by atoms with Crippen LogP contribution in [0.3, 0.4) is 0 Å². The van der Waals surface area contributed by atoms with Crippen molar-refractivity contribution in [2.24, 2.45) is 4.99 Å². The van der Waals surface area contributed by atoms with Crippen LogP contribution in [0.4, 0.5) is 11.4 Å². The highest BCUT2D eigenvalue weighted by Gasteiger charge is 2.10. The molecule has 4 aromatic rings. The van der Waals surface area contributed by atoms with Crippen LogP contribution in [0.25, 0.3) is 22.6 Å². The lowest BCUT2D eigenvalue weighted by molar-refractivity contribution is -0.384. The van der Waals surface area contributed by atoms with Crippen LogP contribution in [0.1, 0.15) is 5.56 Å². The minimum Gasteiger partial charge on any atom is -0.507 e. The van der Waals surface area contributed by atoms with Gasteiger partial charge >= 0.3 is 0 Å². The molecule has 1 N–H and O–H groups in total. The SMILES string of the molecule is O=[N+]([O-])c1ccc(O)c(C=Nc2ccc3oc(-c4cccnc4)nc3c2)c1. The van der Waals surface area contributed by atoms with E-state index in [2.05, 4.69) is 15.0 Å². The van der Waals surface area contributed by atoms with Crippen molar-refractivity contribution in [3.8, 4) is 17.2 Å². The number of aromatic nitrogens is 2. The summed E-state index contributed by atoms with van der Waals surface area (Å²) < 4.78 is 5.72. The molecule has 2 heterocycles. The summed E-state index contributed by atoms with van der Waals surface area (Å²) in [5.41, 5.74) is 2.68. The number of pyridine rings is 1. The summed E-state index contributed by atoms with van der Waals surface area (Å²) in [4.78, 5) is 23.1. The van der Waals surface area contributed by atoms with E-state index in [4.69, 9.17) is 4.42 Å².